The molecule has 1 atom stereocenters. The lowest BCUT2D eigenvalue weighted by molar-refractivity contribution is 0.148. The minimum Gasteiger partial charge on any atom is -0.313 e. The predicted molar refractivity (Wildman–Crippen MR) is 86.0 cm³/mol. The molecule has 0 spiro atoms. The Morgan fingerprint density at radius 2 is 1.80 bits per heavy atom. The smallest absolute Gasteiger partial charge is 0.0192 e. The van der Waals surface area contributed by atoms with Gasteiger partial charge in [-0.2, -0.15) is 0 Å². The monoisotopic (exact) mass is 271 g/mol. The second-order valence-electron chi connectivity index (χ2n) is 6.85. The van der Waals surface area contributed by atoms with E-state index in [0.29, 0.717) is 11.5 Å². The SMILES string of the molecule is CCCNC(C1CCC1)C1(c2ccccc2)CCCC1. The van der Waals surface area contributed by atoms with Gasteiger partial charge in [-0.05, 0) is 50.1 Å². The molecule has 2 fully saturated rings. The Bertz CT molecular complexity index is 401. The number of rotatable bonds is 6. The Labute approximate surface area is 124 Å². The van der Waals surface area contributed by atoms with Crippen LogP contribution in [0.3, 0.4) is 0 Å². The Kier molecular flexibility index (Phi) is 4.45. The first-order valence-electron chi connectivity index (χ1n) is 8.66. The van der Waals surface area contributed by atoms with Crippen LogP contribution in [0.15, 0.2) is 30.3 Å². The molecule has 0 amide bonds. The van der Waals surface area contributed by atoms with Gasteiger partial charge in [0.2, 0.25) is 0 Å². The molecule has 110 valence electrons. The van der Waals surface area contributed by atoms with Gasteiger partial charge >= 0.3 is 0 Å². The van der Waals surface area contributed by atoms with E-state index in [2.05, 4.69) is 42.6 Å². The number of benzene rings is 1. The van der Waals surface area contributed by atoms with Crippen molar-refractivity contribution in [1.82, 2.24) is 5.32 Å². The van der Waals surface area contributed by atoms with Crippen molar-refractivity contribution in [2.45, 2.75) is 69.7 Å². The second kappa shape index (κ2) is 6.30. The zero-order valence-corrected chi connectivity index (χ0v) is 12.9. The third-order valence-electron chi connectivity index (χ3n) is 5.68. The normalized spacial score (nSPS) is 23.4. The molecule has 0 heterocycles. The highest BCUT2D eigenvalue weighted by atomic mass is 14.9. The molecule has 1 aromatic rings. The fraction of sp³-hybridized carbons (Fsp3) is 0.684. The van der Waals surface area contributed by atoms with E-state index in [1.54, 1.807) is 5.56 Å². The summed E-state index contributed by atoms with van der Waals surface area (Å²) in [7, 11) is 0. The van der Waals surface area contributed by atoms with Crippen molar-refractivity contribution in [2.75, 3.05) is 6.54 Å². The van der Waals surface area contributed by atoms with Crippen LogP contribution in [0.2, 0.25) is 0 Å². The third-order valence-corrected chi connectivity index (χ3v) is 5.68. The van der Waals surface area contributed by atoms with E-state index in [0.717, 1.165) is 5.92 Å². The Hall–Kier alpha value is -0.820. The Balaban J connectivity index is 1.90. The van der Waals surface area contributed by atoms with Crippen LogP contribution in [0, 0.1) is 5.92 Å². The van der Waals surface area contributed by atoms with Gasteiger partial charge in [0.25, 0.3) is 0 Å². The summed E-state index contributed by atoms with van der Waals surface area (Å²) in [6.45, 7) is 3.46. The molecular formula is C19H29N. The minimum absolute atomic E-state index is 0.418. The summed E-state index contributed by atoms with van der Waals surface area (Å²) in [5.41, 5.74) is 2.01. The van der Waals surface area contributed by atoms with Gasteiger partial charge in [0.15, 0.2) is 0 Å². The molecule has 1 unspecified atom stereocenters. The van der Waals surface area contributed by atoms with Crippen LogP contribution in [0.5, 0.6) is 0 Å². The molecule has 0 aromatic heterocycles. The van der Waals surface area contributed by atoms with Gasteiger partial charge in [-0.3, -0.25) is 0 Å². The molecule has 1 N–H and O–H groups in total. The highest BCUT2D eigenvalue weighted by molar-refractivity contribution is 5.30. The molecule has 1 heteroatoms. The highest BCUT2D eigenvalue weighted by Crippen LogP contribution is 2.49. The van der Waals surface area contributed by atoms with Crippen LogP contribution in [0.1, 0.15) is 63.9 Å². The van der Waals surface area contributed by atoms with Crippen LogP contribution in [-0.2, 0) is 5.41 Å². The summed E-state index contributed by atoms with van der Waals surface area (Å²) in [5.74, 6) is 0.917. The van der Waals surface area contributed by atoms with E-state index >= 15 is 0 Å². The quantitative estimate of drug-likeness (QED) is 0.793. The van der Waals surface area contributed by atoms with Crippen LogP contribution in [0.25, 0.3) is 0 Å². The molecule has 20 heavy (non-hydrogen) atoms. The lowest BCUT2D eigenvalue weighted by atomic mass is 9.63. The minimum atomic E-state index is 0.418. The van der Waals surface area contributed by atoms with Gasteiger partial charge in [0, 0.05) is 11.5 Å². The topological polar surface area (TPSA) is 12.0 Å². The summed E-state index contributed by atoms with van der Waals surface area (Å²) in [6, 6.07) is 12.1. The Morgan fingerprint density at radius 3 is 2.35 bits per heavy atom. The molecule has 0 saturated heterocycles. The van der Waals surface area contributed by atoms with Crippen molar-refractivity contribution in [2.24, 2.45) is 5.92 Å². The molecule has 0 aliphatic heterocycles. The van der Waals surface area contributed by atoms with Gasteiger partial charge in [0.1, 0.15) is 0 Å². The van der Waals surface area contributed by atoms with Crippen molar-refractivity contribution in [3.05, 3.63) is 35.9 Å². The first kappa shape index (κ1) is 14.1. The van der Waals surface area contributed by atoms with E-state index in [9.17, 15) is 0 Å². The molecule has 1 aromatic carbocycles. The van der Waals surface area contributed by atoms with E-state index < -0.39 is 0 Å². The predicted octanol–water partition coefficient (Wildman–Crippen LogP) is 4.67. The van der Waals surface area contributed by atoms with E-state index in [-0.39, 0.29) is 0 Å². The maximum absolute atomic E-state index is 3.95. The fourth-order valence-electron chi connectivity index (χ4n) is 4.44. The van der Waals surface area contributed by atoms with E-state index in [4.69, 9.17) is 0 Å². The molecule has 2 saturated carbocycles. The van der Waals surface area contributed by atoms with Crippen LogP contribution >= 0.6 is 0 Å². The molecule has 0 radical (unpaired) electrons. The molecule has 2 aliphatic carbocycles. The number of hydrogen-bond donors (Lipinski definition) is 1. The van der Waals surface area contributed by atoms with Crippen molar-refractivity contribution in [3.63, 3.8) is 0 Å². The van der Waals surface area contributed by atoms with E-state index in [1.165, 1.54) is 57.9 Å². The maximum atomic E-state index is 3.95. The molecule has 1 nitrogen and oxygen atoms in total. The second-order valence-corrected chi connectivity index (χ2v) is 6.85. The fourth-order valence-corrected chi connectivity index (χ4v) is 4.44. The van der Waals surface area contributed by atoms with Crippen LogP contribution in [-0.4, -0.2) is 12.6 Å². The average Bonchev–Trinajstić information content (AvgIpc) is 2.93. The molecule has 2 aliphatic rings. The summed E-state index contributed by atoms with van der Waals surface area (Å²) in [5, 5.41) is 3.95. The summed E-state index contributed by atoms with van der Waals surface area (Å²) < 4.78 is 0. The van der Waals surface area contributed by atoms with Crippen molar-refractivity contribution in [3.8, 4) is 0 Å². The summed E-state index contributed by atoms with van der Waals surface area (Å²) in [4.78, 5) is 0. The van der Waals surface area contributed by atoms with Gasteiger partial charge in [-0.1, -0.05) is 56.5 Å². The summed E-state index contributed by atoms with van der Waals surface area (Å²) in [6.07, 6.45) is 11.2. The average molecular weight is 271 g/mol. The first-order chi connectivity index (χ1) is 9.87. The third kappa shape index (κ3) is 2.53. The summed E-state index contributed by atoms with van der Waals surface area (Å²) >= 11 is 0. The first-order valence-corrected chi connectivity index (χ1v) is 8.66. The lowest BCUT2D eigenvalue weighted by Crippen LogP contribution is -2.53. The van der Waals surface area contributed by atoms with Crippen molar-refractivity contribution < 1.29 is 0 Å². The van der Waals surface area contributed by atoms with Crippen molar-refractivity contribution in [1.29, 1.82) is 0 Å². The lowest BCUT2D eigenvalue weighted by Gasteiger charge is -2.46. The highest BCUT2D eigenvalue weighted by Gasteiger charge is 2.46. The molecule has 0 bridgehead atoms. The van der Waals surface area contributed by atoms with Gasteiger partial charge in [-0.25, -0.2) is 0 Å². The number of hydrogen-bond acceptors (Lipinski definition) is 1. The number of nitrogens with one attached hydrogen (secondary N) is 1. The van der Waals surface area contributed by atoms with Crippen molar-refractivity contribution >= 4 is 0 Å². The Morgan fingerprint density at radius 1 is 1.10 bits per heavy atom. The standard InChI is InChI=1S/C19H29N/c1-2-15-20-18(16-9-8-10-16)19(13-6-7-14-19)17-11-4-3-5-12-17/h3-5,11-12,16,18,20H,2,6-10,13-15H2,1H3. The zero-order valence-electron chi connectivity index (χ0n) is 12.9. The molecule has 3 rings (SSSR count). The largest absolute Gasteiger partial charge is 0.313 e. The van der Waals surface area contributed by atoms with Crippen LogP contribution < -0.4 is 5.32 Å². The van der Waals surface area contributed by atoms with Crippen LogP contribution in [0.4, 0.5) is 0 Å². The van der Waals surface area contributed by atoms with Gasteiger partial charge in [-0.15, -0.1) is 0 Å². The molecular weight excluding hydrogens is 242 g/mol. The maximum Gasteiger partial charge on any atom is 0.0192 e. The van der Waals surface area contributed by atoms with Gasteiger partial charge in [0.05, 0.1) is 0 Å². The van der Waals surface area contributed by atoms with E-state index in [1.807, 2.05) is 0 Å². The zero-order chi connectivity index (χ0) is 13.8. The van der Waals surface area contributed by atoms with Gasteiger partial charge < -0.3 is 5.32 Å².